The molecule has 3 nitrogen and oxygen atoms in total. The quantitative estimate of drug-likeness (QED) is 0.587. The van der Waals surface area contributed by atoms with Gasteiger partial charge in [-0.1, -0.05) is 43.3 Å². The number of benzene rings is 2. The van der Waals surface area contributed by atoms with Crippen molar-refractivity contribution in [2.75, 3.05) is 32.7 Å². The molecule has 4 heteroatoms. The van der Waals surface area contributed by atoms with Crippen molar-refractivity contribution in [3.05, 3.63) is 63.7 Å². The number of nitrogens with zero attached hydrogens (tertiary/aromatic N) is 2. The Morgan fingerprint density at radius 1 is 0.960 bits per heavy atom. The Balaban J connectivity index is 1.45. The second-order valence-electron chi connectivity index (χ2n) is 6.67. The molecule has 0 radical (unpaired) electrons. The number of rotatable bonds is 7. The van der Waals surface area contributed by atoms with E-state index in [1.54, 1.807) is 0 Å². The van der Waals surface area contributed by atoms with Gasteiger partial charge in [0.2, 0.25) is 0 Å². The fourth-order valence-corrected chi connectivity index (χ4v) is 3.76. The maximum Gasteiger partial charge on any atom is 0.120 e. The monoisotopic (exact) mass is 450 g/mol. The zero-order valence-corrected chi connectivity index (χ0v) is 17.1. The molecule has 3 rings (SSSR count). The van der Waals surface area contributed by atoms with Crippen LogP contribution in [-0.4, -0.2) is 48.6 Å². The largest absolute Gasteiger partial charge is 0.489 e. The highest BCUT2D eigenvalue weighted by Crippen LogP contribution is 2.18. The first-order chi connectivity index (χ1) is 12.2. The molecule has 0 N–H and O–H groups in total. The number of hydrogen-bond acceptors (Lipinski definition) is 3. The van der Waals surface area contributed by atoms with Crippen molar-refractivity contribution in [3.63, 3.8) is 0 Å². The van der Waals surface area contributed by atoms with Crippen LogP contribution in [0.5, 0.6) is 5.75 Å². The molecular weight excluding hydrogens is 423 g/mol. The molecule has 1 saturated heterocycles. The highest BCUT2D eigenvalue weighted by Gasteiger charge is 2.20. The van der Waals surface area contributed by atoms with Crippen molar-refractivity contribution in [2.45, 2.75) is 26.0 Å². The Labute approximate surface area is 165 Å². The fraction of sp³-hybridized carbons (Fsp3) is 0.429. The molecule has 0 amide bonds. The number of ether oxygens (including phenoxy) is 1. The second-order valence-corrected chi connectivity index (χ2v) is 7.91. The average Bonchev–Trinajstić information content (AvgIpc) is 2.64. The molecule has 1 fully saturated rings. The molecule has 0 aliphatic carbocycles. The summed E-state index contributed by atoms with van der Waals surface area (Å²) in [4.78, 5) is 5.09. The van der Waals surface area contributed by atoms with E-state index in [9.17, 15) is 0 Å². The number of halogens is 1. The summed E-state index contributed by atoms with van der Waals surface area (Å²) in [7, 11) is 0. The topological polar surface area (TPSA) is 15.7 Å². The molecule has 1 aliphatic heterocycles. The summed E-state index contributed by atoms with van der Waals surface area (Å²) >= 11 is 2.33. The minimum atomic E-state index is 0.263. The second kappa shape index (κ2) is 9.55. The number of hydrogen-bond donors (Lipinski definition) is 0. The van der Waals surface area contributed by atoms with E-state index in [0.717, 1.165) is 51.4 Å². The Hall–Kier alpha value is -1.11. The van der Waals surface area contributed by atoms with E-state index >= 15 is 0 Å². The van der Waals surface area contributed by atoms with Crippen molar-refractivity contribution < 1.29 is 4.74 Å². The van der Waals surface area contributed by atoms with E-state index < -0.39 is 0 Å². The molecule has 1 heterocycles. The van der Waals surface area contributed by atoms with E-state index in [4.69, 9.17) is 4.74 Å². The highest BCUT2D eigenvalue weighted by molar-refractivity contribution is 14.1. The van der Waals surface area contributed by atoms with E-state index in [1.807, 2.05) is 0 Å². The normalized spacial score (nSPS) is 17.4. The lowest BCUT2D eigenvalue weighted by molar-refractivity contribution is 0.0794. The van der Waals surface area contributed by atoms with Crippen LogP contribution in [0.25, 0.3) is 0 Å². The summed E-state index contributed by atoms with van der Waals surface area (Å²) in [5, 5.41) is 0. The fourth-order valence-electron chi connectivity index (χ4n) is 3.24. The molecular formula is C21H27IN2O. The Kier molecular flexibility index (Phi) is 7.13. The summed E-state index contributed by atoms with van der Waals surface area (Å²) in [6, 6.07) is 19.1. The first-order valence-corrected chi connectivity index (χ1v) is 10.2. The molecule has 134 valence electrons. The van der Waals surface area contributed by atoms with Gasteiger partial charge in [0.15, 0.2) is 0 Å². The lowest BCUT2D eigenvalue weighted by atomic mass is 10.2. The van der Waals surface area contributed by atoms with Crippen LogP contribution in [0.2, 0.25) is 0 Å². The minimum absolute atomic E-state index is 0.263. The molecule has 1 atom stereocenters. The van der Waals surface area contributed by atoms with Crippen molar-refractivity contribution in [3.8, 4) is 5.75 Å². The Morgan fingerprint density at radius 3 is 2.36 bits per heavy atom. The Bertz CT molecular complexity index is 641. The van der Waals surface area contributed by atoms with Gasteiger partial charge in [-0.25, -0.2) is 0 Å². The van der Waals surface area contributed by atoms with Crippen molar-refractivity contribution in [2.24, 2.45) is 0 Å². The first kappa shape index (κ1) is 18.7. The van der Waals surface area contributed by atoms with Gasteiger partial charge in [0, 0.05) is 42.8 Å². The van der Waals surface area contributed by atoms with Crippen LogP contribution in [0.15, 0.2) is 54.6 Å². The summed E-state index contributed by atoms with van der Waals surface area (Å²) in [5.41, 5.74) is 1.41. The minimum Gasteiger partial charge on any atom is -0.489 e. The van der Waals surface area contributed by atoms with Gasteiger partial charge < -0.3 is 4.74 Å². The zero-order chi connectivity index (χ0) is 17.5. The van der Waals surface area contributed by atoms with Gasteiger partial charge in [-0.05, 0) is 52.8 Å². The predicted octanol–water partition coefficient (Wildman–Crippen LogP) is 4.27. The predicted molar refractivity (Wildman–Crippen MR) is 112 cm³/mol. The summed E-state index contributed by atoms with van der Waals surface area (Å²) in [6.07, 6.45) is 1.30. The van der Waals surface area contributed by atoms with Gasteiger partial charge in [0.05, 0.1) is 0 Å². The molecule has 1 unspecified atom stereocenters. The molecule has 1 aliphatic rings. The van der Waals surface area contributed by atoms with E-state index in [1.165, 1.54) is 9.13 Å². The van der Waals surface area contributed by atoms with E-state index in [0.29, 0.717) is 0 Å². The van der Waals surface area contributed by atoms with Crippen LogP contribution < -0.4 is 4.74 Å². The van der Waals surface area contributed by atoms with Gasteiger partial charge in [0.1, 0.15) is 11.9 Å². The molecule has 0 bridgehead atoms. The van der Waals surface area contributed by atoms with Gasteiger partial charge in [0.25, 0.3) is 0 Å². The van der Waals surface area contributed by atoms with Crippen LogP contribution in [0, 0.1) is 3.57 Å². The lowest BCUT2D eigenvalue weighted by Crippen LogP contribution is -2.48. The summed E-state index contributed by atoms with van der Waals surface area (Å²) in [6.45, 7) is 8.80. The van der Waals surface area contributed by atoms with Crippen molar-refractivity contribution >= 4 is 22.6 Å². The SMILES string of the molecule is CCC(CN1CCN(Cc2ccccc2)CC1)Oc1cccc(I)c1. The van der Waals surface area contributed by atoms with Gasteiger partial charge in [-0.15, -0.1) is 0 Å². The Morgan fingerprint density at radius 2 is 1.68 bits per heavy atom. The molecule has 25 heavy (non-hydrogen) atoms. The number of piperazine rings is 1. The van der Waals surface area contributed by atoms with Crippen LogP contribution >= 0.6 is 22.6 Å². The van der Waals surface area contributed by atoms with Gasteiger partial charge in [-0.3, -0.25) is 9.80 Å². The first-order valence-electron chi connectivity index (χ1n) is 9.14. The summed E-state index contributed by atoms with van der Waals surface area (Å²) < 4.78 is 7.43. The highest BCUT2D eigenvalue weighted by atomic mass is 127. The molecule has 0 spiro atoms. The van der Waals surface area contributed by atoms with E-state index in [2.05, 4.69) is 93.9 Å². The van der Waals surface area contributed by atoms with Crippen molar-refractivity contribution in [1.29, 1.82) is 0 Å². The third-order valence-corrected chi connectivity index (χ3v) is 5.40. The van der Waals surface area contributed by atoms with Gasteiger partial charge in [-0.2, -0.15) is 0 Å². The third kappa shape index (κ3) is 5.97. The third-order valence-electron chi connectivity index (χ3n) is 4.73. The molecule has 0 saturated carbocycles. The molecule has 0 aromatic heterocycles. The van der Waals surface area contributed by atoms with Crippen molar-refractivity contribution in [1.82, 2.24) is 9.80 Å². The van der Waals surface area contributed by atoms with Crippen LogP contribution in [0.3, 0.4) is 0 Å². The van der Waals surface area contributed by atoms with Crippen LogP contribution in [0.1, 0.15) is 18.9 Å². The molecule has 2 aromatic carbocycles. The van der Waals surface area contributed by atoms with Crippen LogP contribution in [-0.2, 0) is 6.54 Å². The zero-order valence-electron chi connectivity index (χ0n) is 14.9. The smallest absolute Gasteiger partial charge is 0.120 e. The molecule has 2 aromatic rings. The van der Waals surface area contributed by atoms with Gasteiger partial charge >= 0.3 is 0 Å². The lowest BCUT2D eigenvalue weighted by Gasteiger charge is -2.36. The van der Waals surface area contributed by atoms with Crippen LogP contribution in [0.4, 0.5) is 0 Å². The van der Waals surface area contributed by atoms with E-state index in [-0.39, 0.29) is 6.10 Å². The maximum atomic E-state index is 6.21. The average molecular weight is 450 g/mol. The summed E-state index contributed by atoms with van der Waals surface area (Å²) in [5.74, 6) is 0.987. The maximum absolute atomic E-state index is 6.21. The standard InChI is InChI=1S/C21H27IN2O/c1-2-20(25-21-10-6-9-19(22)15-21)17-24-13-11-23(12-14-24)16-18-7-4-3-5-8-18/h3-10,15,20H,2,11-14,16-17H2,1H3.